The Bertz CT molecular complexity index is 1290. The minimum atomic E-state index is 0.0541. The maximum Gasteiger partial charge on any atom is 0.0205 e. The lowest BCUT2D eigenvalue weighted by Gasteiger charge is -2.22. The van der Waals surface area contributed by atoms with Crippen LogP contribution in [0.5, 0.6) is 0 Å². The van der Waals surface area contributed by atoms with Gasteiger partial charge in [-0.05, 0) is 166 Å². The molecule has 302 valence electrons. The van der Waals surface area contributed by atoms with E-state index in [2.05, 4.69) is 147 Å². The van der Waals surface area contributed by atoms with Gasteiger partial charge in [0.05, 0.1) is 0 Å². The van der Waals surface area contributed by atoms with Gasteiger partial charge in [0.2, 0.25) is 0 Å². The molecule has 54 heavy (non-hydrogen) atoms. The second-order valence-electron chi connectivity index (χ2n) is 16.5. The van der Waals surface area contributed by atoms with Crippen LogP contribution in [0.15, 0.2) is 66.7 Å². The smallest absolute Gasteiger partial charge is 0.0205 e. The highest BCUT2D eigenvalue weighted by Crippen LogP contribution is 2.34. The van der Waals surface area contributed by atoms with E-state index in [9.17, 15) is 0 Å². The number of benzene rings is 3. The Labute approximate surface area is 332 Å². The topological polar surface area (TPSA) is 72.2 Å². The summed E-state index contributed by atoms with van der Waals surface area (Å²) in [5.41, 5.74) is 9.23. The lowest BCUT2D eigenvalue weighted by Crippen LogP contribution is -2.27. The van der Waals surface area contributed by atoms with Gasteiger partial charge in [-0.25, -0.2) is 0 Å². The average Bonchev–Trinajstić information content (AvgIpc) is 3.18. The second kappa shape index (κ2) is 27.1. The third-order valence-electron chi connectivity index (χ3n) is 11.0. The van der Waals surface area contributed by atoms with Crippen LogP contribution in [0, 0.1) is 11.8 Å². The zero-order chi connectivity index (χ0) is 38.9. The van der Waals surface area contributed by atoms with E-state index < -0.39 is 0 Å². The Kier molecular flexibility index (Phi) is 23.0. The minimum Gasteiger partial charge on any atom is -0.317 e. The standard InChI is InChI=1S/C48H80N6/c1-8-39(9-2)35-51-26-14-22-49-24-16-28-53-37-41-18-12-20-43(30-41)45-32-46(34-47(33-45)48(5,6)7)44-21-13-19-42(31-44)38-54-29-17-25-50-23-15-27-52-36-40(10-3)11-4/h12-13,18-21,30-34,39-40,49-54H,8-11,14-17,22-29,35-38H2,1-7H3. The van der Waals surface area contributed by atoms with Crippen molar-refractivity contribution in [3.05, 3.63) is 83.4 Å². The first kappa shape index (κ1) is 45.8. The molecule has 0 aliphatic rings. The van der Waals surface area contributed by atoms with Crippen molar-refractivity contribution in [1.82, 2.24) is 31.9 Å². The van der Waals surface area contributed by atoms with Crippen LogP contribution in [0.25, 0.3) is 22.3 Å². The summed E-state index contributed by atoms with van der Waals surface area (Å²) in [6.45, 7) is 28.8. The van der Waals surface area contributed by atoms with Gasteiger partial charge in [0, 0.05) is 13.1 Å². The van der Waals surface area contributed by atoms with Gasteiger partial charge in [0.15, 0.2) is 0 Å². The van der Waals surface area contributed by atoms with E-state index in [-0.39, 0.29) is 5.41 Å². The Morgan fingerprint density at radius 1 is 0.426 bits per heavy atom. The molecule has 0 unspecified atom stereocenters. The fourth-order valence-corrected chi connectivity index (χ4v) is 6.95. The van der Waals surface area contributed by atoms with E-state index in [1.54, 1.807) is 0 Å². The predicted octanol–water partition coefficient (Wildman–Crippen LogP) is 9.29. The molecule has 0 saturated heterocycles. The molecule has 6 heteroatoms. The van der Waals surface area contributed by atoms with Crippen molar-refractivity contribution in [3.8, 4) is 22.3 Å². The van der Waals surface area contributed by atoms with Crippen molar-refractivity contribution in [1.29, 1.82) is 0 Å². The first-order valence-electron chi connectivity index (χ1n) is 21.9. The van der Waals surface area contributed by atoms with Crippen LogP contribution in [0.4, 0.5) is 0 Å². The SMILES string of the molecule is CCC(CC)CNCCCNCCCNCc1cccc(-c2cc(-c3cccc(CNCCCNCCCNCC(CC)CC)c3)cc(C(C)(C)C)c2)c1. The summed E-state index contributed by atoms with van der Waals surface area (Å²) >= 11 is 0. The van der Waals surface area contributed by atoms with Gasteiger partial charge in [-0.15, -0.1) is 0 Å². The molecular weight excluding hydrogens is 661 g/mol. The highest BCUT2D eigenvalue weighted by Gasteiger charge is 2.17. The maximum atomic E-state index is 3.68. The molecule has 0 bridgehead atoms. The quantitative estimate of drug-likeness (QED) is 0.0383. The van der Waals surface area contributed by atoms with Crippen LogP contribution in [-0.2, 0) is 18.5 Å². The summed E-state index contributed by atoms with van der Waals surface area (Å²) in [5.74, 6) is 1.64. The Balaban J connectivity index is 1.45. The monoisotopic (exact) mass is 741 g/mol. The predicted molar refractivity (Wildman–Crippen MR) is 238 cm³/mol. The van der Waals surface area contributed by atoms with Crippen LogP contribution in [-0.4, -0.2) is 65.4 Å². The minimum absolute atomic E-state index is 0.0541. The summed E-state index contributed by atoms with van der Waals surface area (Å²) in [6, 6.07) is 25.4. The highest BCUT2D eigenvalue weighted by molar-refractivity contribution is 5.75. The highest BCUT2D eigenvalue weighted by atomic mass is 14.9. The Morgan fingerprint density at radius 2 is 0.796 bits per heavy atom. The van der Waals surface area contributed by atoms with Crippen molar-refractivity contribution in [2.45, 2.75) is 118 Å². The second-order valence-corrected chi connectivity index (χ2v) is 16.5. The van der Waals surface area contributed by atoms with E-state index in [0.717, 1.165) is 103 Å². The summed E-state index contributed by atoms with van der Waals surface area (Å²) < 4.78 is 0. The molecule has 0 radical (unpaired) electrons. The Morgan fingerprint density at radius 3 is 1.17 bits per heavy atom. The van der Waals surface area contributed by atoms with Crippen LogP contribution in [0.2, 0.25) is 0 Å². The third kappa shape index (κ3) is 18.4. The van der Waals surface area contributed by atoms with Gasteiger partial charge in [0.1, 0.15) is 0 Å². The first-order chi connectivity index (χ1) is 26.3. The summed E-state index contributed by atoms with van der Waals surface area (Å²) in [5, 5.41) is 21.8. The van der Waals surface area contributed by atoms with Gasteiger partial charge in [0.25, 0.3) is 0 Å². The van der Waals surface area contributed by atoms with Crippen LogP contribution in [0.3, 0.4) is 0 Å². The molecule has 3 rings (SSSR count). The molecule has 0 heterocycles. The van der Waals surface area contributed by atoms with E-state index in [0.29, 0.717) is 0 Å². The average molecular weight is 741 g/mol. The van der Waals surface area contributed by atoms with Crippen molar-refractivity contribution in [2.24, 2.45) is 11.8 Å². The fourth-order valence-electron chi connectivity index (χ4n) is 6.95. The Hall–Kier alpha value is -2.58. The van der Waals surface area contributed by atoms with Crippen molar-refractivity contribution in [3.63, 3.8) is 0 Å². The van der Waals surface area contributed by atoms with Gasteiger partial charge in [-0.2, -0.15) is 0 Å². The molecular formula is C48H80N6. The van der Waals surface area contributed by atoms with Crippen molar-refractivity contribution >= 4 is 0 Å². The zero-order valence-electron chi connectivity index (χ0n) is 35.6. The molecule has 3 aromatic rings. The van der Waals surface area contributed by atoms with Crippen molar-refractivity contribution < 1.29 is 0 Å². The zero-order valence-corrected chi connectivity index (χ0v) is 35.6. The molecule has 0 fully saturated rings. The van der Waals surface area contributed by atoms with Crippen LogP contribution < -0.4 is 31.9 Å². The number of hydrogen-bond donors (Lipinski definition) is 6. The lowest BCUT2D eigenvalue weighted by atomic mass is 9.83. The summed E-state index contributed by atoms with van der Waals surface area (Å²) in [7, 11) is 0. The fraction of sp³-hybridized carbons (Fsp3) is 0.625. The van der Waals surface area contributed by atoms with Gasteiger partial charge in [-0.1, -0.05) is 123 Å². The molecule has 0 aromatic heterocycles. The first-order valence-corrected chi connectivity index (χ1v) is 21.9. The normalized spacial score (nSPS) is 12.0. The number of rotatable bonds is 30. The van der Waals surface area contributed by atoms with Gasteiger partial charge < -0.3 is 31.9 Å². The molecule has 0 aliphatic heterocycles. The lowest BCUT2D eigenvalue weighted by molar-refractivity contribution is 0.445. The van der Waals surface area contributed by atoms with Crippen LogP contribution in [0.1, 0.15) is 117 Å². The van der Waals surface area contributed by atoms with Gasteiger partial charge >= 0.3 is 0 Å². The number of hydrogen-bond acceptors (Lipinski definition) is 6. The third-order valence-corrected chi connectivity index (χ3v) is 11.0. The molecule has 6 nitrogen and oxygen atoms in total. The molecule has 0 aliphatic carbocycles. The van der Waals surface area contributed by atoms with Crippen molar-refractivity contribution in [2.75, 3.05) is 65.4 Å². The summed E-state index contributed by atoms with van der Waals surface area (Å²) in [6.07, 6.45) is 9.75. The van der Waals surface area contributed by atoms with E-state index in [1.807, 2.05) is 0 Å². The summed E-state index contributed by atoms with van der Waals surface area (Å²) in [4.78, 5) is 0. The van der Waals surface area contributed by atoms with Gasteiger partial charge in [-0.3, -0.25) is 0 Å². The molecule has 3 aromatic carbocycles. The number of nitrogens with one attached hydrogen (secondary N) is 6. The molecule has 0 spiro atoms. The van der Waals surface area contributed by atoms with E-state index >= 15 is 0 Å². The maximum absolute atomic E-state index is 3.68. The molecule has 0 amide bonds. The van der Waals surface area contributed by atoms with E-state index in [1.165, 1.54) is 77.5 Å². The largest absolute Gasteiger partial charge is 0.317 e. The van der Waals surface area contributed by atoms with Crippen LogP contribution >= 0.6 is 0 Å². The molecule has 6 N–H and O–H groups in total. The van der Waals surface area contributed by atoms with E-state index in [4.69, 9.17) is 0 Å². The molecule has 0 saturated carbocycles. The molecule has 0 atom stereocenters.